The molecule has 0 aliphatic heterocycles. The van der Waals surface area contributed by atoms with Crippen molar-refractivity contribution in [2.45, 2.75) is 62.3 Å². The van der Waals surface area contributed by atoms with Gasteiger partial charge in [-0.1, -0.05) is 104 Å². The van der Waals surface area contributed by atoms with Crippen LogP contribution in [0.1, 0.15) is 70.1 Å². The summed E-state index contributed by atoms with van der Waals surface area (Å²) in [7, 11) is 0. The molecule has 3 aromatic carbocycles. The van der Waals surface area contributed by atoms with E-state index in [1.807, 2.05) is 71.0 Å². The molecule has 0 saturated heterocycles. The fraction of sp³-hybridized carbons (Fsp3) is 0.281. The Hall–Kier alpha value is -3.19. The molecular weight excluding hydrogens is 400 g/mol. The van der Waals surface area contributed by atoms with Crippen molar-refractivity contribution >= 4 is 11.9 Å². The number of hydrogen-bond donors (Lipinski definition) is 0. The predicted octanol–water partition coefficient (Wildman–Crippen LogP) is 9.58. The van der Waals surface area contributed by atoms with Crippen LogP contribution in [-0.4, -0.2) is 5.78 Å². The van der Waals surface area contributed by atoms with Crippen LogP contribution in [0.2, 0.25) is 0 Å². The molecule has 0 amide bonds. The molecule has 0 fully saturated rings. The van der Waals surface area contributed by atoms with Crippen molar-refractivity contribution in [3.63, 3.8) is 0 Å². The number of ketones is 1. The minimum atomic E-state index is 0.157. The van der Waals surface area contributed by atoms with Gasteiger partial charge in [0.2, 0.25) is 0 Å². The smallest absolute Gasteiger partial charge is 0.160 e. The van der Waals surface area contributed by atoms with Crippen molar-refractivity contribution in [3.05, 3.63) is 125 Å². The molecule has 0 atom stereocenters. The van der Waals surface area contributed by atoms with Crippen LogP contribution in [-0.2, 0) is 0 Å². The highest BCUT2D eigenvalue weighted by atomic mass is 16.1. The van der Waals surface area contributed by atoms with Gasteiger partial charge in [0.15, 0.2) is 5.78 Å². The molecule has 1 heteroatoms. The summed E-state index contributed by atoms with van der Waals surface area (Å²) >= 11 is 0. The third-order valence-electron chi connectivity index (χ3n) is 4.61. The van der Waals surface area contributed by atoms with Crippen LogP contribution < -0.4 is 0 Å². The normalized spacial score (nSPS) is 8.64. The second-order valence-electron chi connectivity index (χ2n) is 7.55. The Morgan fingerprint density at radius 3 is 1.45 bits per heavy atom. The van der Waals surface area contributed by atoms with Gasteiger partial charge in [-0.2, -0.15) is 0 Å². The van der Waals surface area contributed by atoms with Crippen molar-refractivity contribution in [2.24, 2.45) is 0 Å². The zero-order valence-electron chi connectivity index (χ0n) is 22.4. The molecule has 0 aliphatic rings. The Morgan fingerprint density at radius 2 is 1.12 bits per heavy atom. The third kappa shape index (κ3) is 13.1. The first-order valence-electron chi connectivity index (χ1n) is 11.5. The molecule has 0 spiro atoms. The van der Waals surface area contributed by atoms with Crippen molar-refractivity contribution < 1.29 is 4.79 Å². The van der Waals surface area contributed by atoms with Gasteiger partial charge in [0.25, 0.3) is 0 Å². The van der Waals surface area contributed by atoms with Gasteiger partial charge in [0.1, 0.15) is 0 Å². The topological polar surface area (TPSA) is 17.1 Å². The highest BCUT2D eigenvalue weighted by Gasteiger charge is 2.07. The summed E-state index contributed by atoms with van der Waals surface area (Å²) in [6.07, 6.45) is 1.88. The Kier molecular flexibility index (Phi) is 17.8. The summed E-state index contributed by atoms with van der Waals surface area (Å²) in [5, 5.41) is 0. The van der Waals surface area contributed by atoms with Gasteiger partial charge in [0, 0.05) is 5.56 Å². The van der Waals surface area contributed by atoms with Gasteiger partial charge in [-0.3, -0.25) is 4.79 Å². The lowest BCUT2D eigenvalue weighted by atomic mass is 9.97. The average molecular weight is 445 g/mol. The molecule has 0 saturated carbocycles. The zero-order valence-corrected chi connectivity index (χ0v) is 22.4. The van der Waals surface area contributed by atoms with E-state index in [9.17, 15) is 4.79 Å². The van der Waals surface area contributed by atoms with Crippen molar-refractivity contribution in [2.75, 3.05) is 0 Å². The summed E-state index contributed by atoms with van der Waals surface area (Å²) in [5.74, 6) is 0.157. The van der Waals surface area contributed by atoms with Gasteiger partial charge in [0.05, 0.1) is 0 Å². The molecule has 3 aromatic rings. The first kappa shape index (κ1) is 32.0. The molecule has 0 bridgehead atoms. The maximum absolute atomic E-state index is 11.2. The van der Waals surface area contributed by atoms with E-state index in [4.69, 9.17) is 0 Å². The van der Waals surface area contributed by atoms with E-state index in [-0.39, 0.29) is 5.78 Å². The molecule has 0 N–H and O–H groups in total. The predicted molar refractivity (Wildman–Crippen MR) is 150 cm³/mol. The van der Waals surface area contributed by atoms with Crippen LogP contribution in [0.15, 0.2) is 80.4 Å². The monoisotopic (exact) mass is 444 g/mol. The maximum Gasteiger partial charge on any atom is 0.160 e. The van der Waals surface area contributed by atoms with Gasteiger partial charge >= 0.3 is 0 Å². The minimum Gasteiger partial charge on any atom is -0.294 e. The van der Waals surface area contributed by atoms with E-state index in [1.165, 1.54) is 27.8 Å². The number of hydrogen-bond acceptors (Lipinski definition) is 1. The van der Waals surface area contributed by atoms with E-state index in [0.29, 0.717) is 0 Å². The van der Waals surface area contributed by atoms with Crippen LogP contribution >= 0.6 is 0 Å². The lowest BCUT2D eigenvalue weighted by Gasteiger charge is -2.07. The van der Waals surface area contributed by atoms with Crippen LogP contribution in [0, 0.1) is 41.5 Å². The SMILES string of the molecule is C=C.C=Cc1ccc(C)cc1C.CC.CC(=O)c1c(C)cc(C)cc1C.Cc1ccccc1. The lowest BCUT2D eigenvalue weighted by molar-refractivity contribution is 0.101. The van der Waals surface area contributed by atoms with E-state index in [2.05, 4.69) is 70.8 Å². The highest BCUT2D eigenvalue weighted by Crippen LogP contribution is 2.16. The standard InChI is InChI=1S/C11H14O.C10H12.C7H8.C2H6.C2H4/c1-7-5-8(2)11(10(4)12)9(3)6-7;1-4-10-6-5-8(2)7-9(10)3;1-7-5-3-2-4-6-7;2*1-2/h5-6H,1-4H3;4-7H,1H2,2-3H3;2-6H,1H3;1-2H3;1-2H2. The van der Waals surface area contributed by atoms with Crippen molar-refractivity contribution in [1.82, 2.24) is 0 Å². The first-order chi connectivity index (χ1) is 15.6. The quantitative estimate of drug-likeness (QED) is 0.284. The molecule has 33 heavy (non-hydrogen) atoms. The van der Waals surface area contributed by atoms with Crippen molar-refractivity contribution in [3.8, 4) is 0 Å². The van der Waals surface area contributed by atoms with Gasteiger partial charge in [-0.15, -0.1) is 13.2 Å². The Balaban J connectivity index is 0. The van der Waals surface area contributed by atoms with E-state index in [1.54, 1.807) is 6.92 Å². The number of carbonyl (C=O) groups excluding carboxylic acids is 1. The third-order valence-corrected chi connectivity index (χ3v) is 4.61. The average Bonchev–Trinajstić information content (AvgIpc) is 2.77. The Labute approximate surface area is 203 Å². The fourth-order valence-electron chi connectivity index (χ4n) is 3.32. The van der Waals surface area contributed by atoms with Crippen LogP contribution in [0.3, 0.4) is 0 Å². The number of carbonyl (C=O) groups is 1. The first-order valence-corrected chi connectivity index (χ1v) is 11.5. The molecule has 1 nitrogen and oxygen atoms in total. The fourth-order valence-corrected chi connectivity index (χ4v) is 3.32. The summed E-state index contributed by atoms with van der Waals surface area (Å²) in [6.45, 7) is 27.6. The van der Waals surface area contributed by atoms with Gasteiger partial charge < -0.3 is 0 Å². The molecular formula is C32H44O. The Morgan fingerprint density at radius 1 is 0.667 bits per heavy atom. The molecule has 3 rings (SSSR count). The second kappa shape index (κ2) is 18.4. The summed E-state index contributed by atoms with van der Waals surface area (Å²) in [6, 6.07) is 20.7. The van der Waals surface area contributed by atoms with Crippen molar-refractivity contribution in [1.29, 1.82) is 0 Å². The van der Waals surface area contributed by atoms with E-state index < -0.39 is 0 Å². The number of rotatable bonds is 2. The molecule has 0 heterocycles. The van der Waals surface area contributed by atoms with Crippen LogP contribution in [0.25, 0.3) is 6.08 Å². The number of Topliss-reactive ketones (excluding diaryl/α,β-unsaturated/α-hetero) is 1. The summed E-state index contributed by atoms with van der Waals surface area (Å²) in [5.41, 5.74) is 9.42. The van der Waals surface area contributed by atoms with Gasteiger partial charge in [-0.05, 0) is 70.7 Å². The maximum atomic E-state index is 11.2. The summed E-state index contributed by atoms with van der Waals surface area (Å²) in [4.78, 5) is 11.2. The minimum absolute atomic E-state index is 0.157. The number of benzene rings is 3. The van der Waals surface area contributed by atoms with Gasteiger partial charge in [-0.25, -0.2) is 0 Å². The molecule has 0 unspecified atom stereocenters. The highest BCUT2D eigenvalue weighted by molar-refractivity contribution is 5.97. The Bertz CT molecular complexity index is 942. The second-order valence-corrected chi connectivity index (χ2v) is 7.55. The lowest BCUT2D eigenvalue weighted by Crippen LogP contribution is -2.00. The van der Waals surface area contributed by atoms with Crippen LogP contribution in [0.5, 0.6) is 0 Å². The molecule has 178 valence electrons. The number of aryl methyl sites for hydroxylation is 6. The largest absolute Gasteiger partial charge is 0.294 e. The zero-order chi connectivity index (χ0) is 26.0. The van der Waals surface area contributed by atoms with Crippen LogP contribution in [0.4, 0.5) is 0 Å². The molecule has 0 aromatic heterocycles. The van der Waals surface area contributed by atoms with E-state index >= 15 is 0 Å². The summed E-state index contributed by atoms with van der Waals surface area (Å²) < 4.78 is 0. The molecule has 0 aliphatic carbocycles. The van der Waals surface area contributed by atoms with E-state index in [0.717, 1.165) is 16.7 Å². The molecule has 0 radical (unpaired) electrons.